The van der Waals surface area contributed by atoms with Crippen LogP contribution in [0, 0.1) is 0 Å². The number of hydrogen-bond donors (Lipinski definition) is 2. The lowest BCUT2D eigenvalue weighted by Gasteiger charge is -2.23. The van der Waals surface area contributed by atoms with Crippen LogP contribution >= 0.6 is 11.8 Å². The molecule has 0 saturated carbocycles. The van der Waals surface area contributed by atoms with Crippen LogP contribution in [0.4, 0.5) is 5.82 Å². The number of rotatable bonds is 2. The zero-order chi connectivity index (χ0) is 13.9. The molecule has 1 aromatic rings. The van der Waals surface area contributed by atoms with Crippen molar-refractivity contribution in [3.8, 4) is 0 Å². The lowest BCUT2D eigenvalue weighted by atomic mass is 10.1. The lowest BCUT2D eigenvalue weighted by Crippen LogP contribution is -2.28. The van der Waals surface area contributed by atoms with Crippen LogP contribution in [-0.2, 0) is 0 Å². The van der Waals surface area contributed by atoms with Gasteiger partial charge in [0, 0.05) is 23.6 Å². The molecular weight excluding hydrogens is 262 g/mol. The second-order valence-electron chi connectivity index (χ2n) is 5.09. The molecule has 1 aliphatic heterocycles. The fraction of sp³-hybridized carbons (Fsp3) is 0.583. The predicted octanol–water partition coefficient (Wildman–Crippen LogP) is 1.29. The molecule has 0 atom stereocenters. The van der Waals surface area contributed by atoms with Crippen LogP contribution in [0.25, 0.3) is 0 Å². The first-order valence-corrected chi connectivity index (χ1v) is 7.19. The standard InChI is InChI=1S/C12H19N5OS/c1-12(2)3-4-17(5-6-19-12)10-8-14-9(7-15-10)11(13)16-18/h7-8,18H,3-6H2,1-2H3,(H2,13,16). The molecule has 0 aromatic carbocycles. The molecule has 2 heterocycles. The summed E-state index contributed by atoms with van der Waals surface area (Å²) in [5.74, 6) is 1.90. The normalized spacial score (nSPS) is 20.1. The van der Waals surface area contributed by atoms with Crippen molar-refractivity contribution in [1.82, 2.24) is 9.97 Å². The minimum atomic E-state index is -0.0217. The highest BCUT2D eigenvalue weighted by atomic mass is 32.2. The van der Waals surface area contributed by atoms with Gasteiger partial charge in [-0.05, 0) is 6.42 Å². The third kappa shape index (κ3) is 3.50. The number of thioether (sulfide) groups is 1. The van der Waals surface area contributed by atoms with E-state index in [-0.39, 0.29) is 5.84 Å². The van der Waals surface area contributed by atoms with E-state index >= 15 is 0 Å². The summed E-state index contributed by atoms with van der Waals surface area (Å²) < 4.78 is 0.316. The molecule has 104 valence electrons. The average Bonchev–Trinajstić information content (AvgIpc) is 2.59. The van der Waals surface area contributed by atoms with E-state index in [1.807, 2.05) is 11.8 Å². The van der Waals surface area contributed by atoms with Gasteiger partial charge in [0.2, 0.25) is 0 Å². The largest absolute Gasteiger partial charge is 0.409 e. The molecule has 1 fully saturated rings. The van der Waals surface area contributed by atoms with Crippen LogP contribution < -0.4 is 10.6 Å². The third-order valence-electron chi connectivity index (χ3n) is 3.17. The molecule has 0 unspecified atom stereocenters. The van der Waals surface area contributed by atoms with Crippen LogP contribution in [0.5, 0.6) is 0 Å². The SMILES string of the molecule is CC1(C)CCN(c2cnc(C(N)=NO)cn2)CCS1. The summed E-state index contributed by atoms with van der Waals surface area (Å²) in [6.07, 6.45) is 4.32. The van der Waals surface area contributed by atoms with Gasteiger partial charge in [-0.1, -0.05) is 19.0 Å². The molecule has 1 saturated heterocycles. The second-order valence-corrected chi connectivity index (χ2v) is 6.89. The molecule has 6 nitrogen and oxygen atoms in total. The molecule has 3 N–H and O–H groups in total. The van der Waals surface area contributed by atoms with Crippen LogP contribution in [0.3, 0.4) is 0 Å². The van der Waals surface area contributed by atoms with Crippen molar-refractivity contribution in [2.24, 2.45) is 10.9 Å². The van der Waals surface area contributed by atoms with Crippen molar-refractivity contribution >= 4 is 23.4 Å². The predicted molar refractivity (Wildman–Crippen MR) is 77.9 cm³/mol. The Hall–Kier alpha value is -1.50. The van der Waals surface area contributed by atoms with Crippen molar-refractivity contribution in [2.45, 2.75) is 25.0 Å². The molecule has 0 aliphatic carbocycles. The highest BCUT2D eigenvalue weighted by Gasteiger charge is 2.24. The number of nitrogens with zero attached hydrogens (tertiary/aromatic N) is 4. The highest BCUT2D eigenvalue weighted by molar-refractivity contribution is 8.00. The molecular formula is C12H19N5OS. The maximum absolute atomic E-state index is 8.58. The topological polar surface area (TPSA) is 87.6 Å². The van der Waals surface area contributed by atoms with Gasteiger partial charge in [0.05, 0.1) is 12.4 Å². The third-order valence-corrected chi connectivity index (χ3v) is 4.54. The number of hydrogen-bond acceptors (Lipinski definition) is 6. The summed E-state index contributed by atoms with van der Waals surface area (Å²) in [6.45, 7) is 6.48. The fourth-order valence-corrected chi connectivity index (χ4v) is 3.02. The first-order valence-electron chi connectivity index (χ1n) is 6.21. The van der Waals surface area contributed by atoms with E-state index in [1.165, 1.54) is 6.20 Å². The Morgan fingerprint density at radius 1 is 1.42 bits per heavy atom. The van der Waals surface area contributed by atoms with Gasteiger partial charge >= 0.3 is 0 Å². The van der Waals surface area contributed by atoms with E-state index in [9.17, 15) is 0 Å². The Labute approximate surface area is 117 Å². The summed E-state index contributed by atoms with van der Waals surface area (Å²) >= 11 is 1.99. The molecule has 0 bridgehead atoms. The first kappa shape index (κ1) is 13.9. The van der Waals surface area contributed by atoms with Gasteiger partial charge in [-0.25, -0.2) is 9.97 Å². The van der Waals surface area contributed by atoms with Gasteiger partial charge in [0.15, 0.2) is 5.84 Å². The second kappa shape index (κ2) is 5.64. The zero-order valence-corrected chi connectivity index (χ0v) is 12.0. The zero-order valence-electron chi connectivity index (χ0n) is 11.2. The van der Waals surface area contributed by atoms with Gasteiger partial charge in [-0.3, -0.25) is 0 Å². The van der Waals surface area contributed by atoms with Crippen molar-refractivity contribution in [3.63, 3.8) is 0 Å². The number of amidine groups is 1. The molecule has 1 aliphatic rings. The summed E-state index contributed by atoms with van der Waals surface area (Å²) in [5, 5.41) is 11.5. The summed E-state index contributed by atoms with van der Waals surface area (Å²) in [5.41, 5.74) is 5.85. The van der Waals surface area contributed by atoms with E-state index in [2.05, 4.69) is 33.9 Å². The number of anilines is 1. The minimum absolute atomic E-state index is 0.0217. The van der Waals surface area contributed by atoms with E-state index in [0.717, 1.165) is 31.1 Å². The highest BCUT2D eigenvalue weighted by Crippen LogP contribution is 2.31. The summed E-state index contributed by atoms with van der Waals surface area (Å²) in [4.78, 5) is 10.7. The number of aromatic nitrogens is 2. The van der Waals surface area contributed by atoms with E-state index < -0.39 is 0 Å². The van der Waals surface area contributed by atoms with Crippen LogP contribution in [0.15, 0.2) is 17.5 Å². The summed E-state index contributed by atoms with van der Waals surface area (Å²) in [6, 6.07) is 0. The van der Waals surface area contributed by atoms with Gasteiger partial charge in [0.1, 0.15) is 11.5 Å². The maximum Gasteiger partial charge on any atom is 0.190 e. The van der Waals surface area contributed by atoms with E-state index in [1.54, 1.807) is 6.20 Å². The minimum Gasteiger partial charge on any atom is -0.409 e. The number of nitrogens with two attached hydrogens (primary N) is 1. The fourth-order valence-electron chi connectivity index (χ4n) is 1.92. The maximum atomic E-state index is 8.58. The van der Waals surface area contributed by atoms with Crippen molar-refractivity contribution in [3.05, 3.63) is 18.1 Å². The molecule has 0 radical (unpaired) electrons. The Bertz CT molecular complexity index is 460. The molecule has 0 amide bonds. The van der Waals surface area contributed by atoms with Gasteiger partial charge < -0.3 is 15.8 Å². The molecule has 1 aromatic heterocycles. The first-order chi connectivity index (χ1) is 9.02. The average molecular weight is 281 g/mol. The van der Waals surface area contributed by atoms with Crippen LogP contribution in [0.2, 0.25) is 0 Å². The van der Waals surface area contributed by atoms with Gasteiger partial charge in [-0.2, -0.15) is 11.8 Å². The van der Waals surface area contributed by atoms with E-state index in [4.69, 9.17) is 10.9 Å². The van der Waals surface area contributed by atoms with Crippen molar-refractivity contribution in [1.29, 1.82) is 0 Å². The quantitative estimate of drug-likeness (QED) is 0.367. The van der Waals surface area contributed by atoms with Crippen molar-refractivity contribution in [2.75, 3.05) is 23.7 Å². The Morgan fingerprint density at radius 2 is 2.21 bits per heavy atom. The summed E-state index contributed by atoms with van der Waals surface area (Å²) in [7, 11) is 0. The Kier molecular flexibility index (Phi) is 4.14. The van der Waals surface area contributed by atoms with Crippen LogP contribution in [0.1, 0.15) is 26.0 Å². The molecule has 2 rings (SSSR count). The smallest absolute Gasteiger partial charge is 0.190 e. The molecule has 19 heavy (non-hydrogen) atoms. The molecule has 0 spiro atoms. The Balaban J connectivity index is 2.10. The lowest BCUT2D eigenvalue weighted by molar-refractivity contribution is 0.318. The van der Waals surface area contributed by atoms with E-state index in [0.29, 0.717) is 10.4 Å². The molecule has 7 heteroatoms. The monoisotopic (exact) mass is 281 g/mol. The van der Waals surface area contributed by atoms with Gasteiger partial charge in [-0.15, -0.1) is 0 Å². The Morgan fingerprint density at radius 3 is 2.84 bits per heavy atom. The van der Waals surface area contributed by atoms with Gasteiger partial charge in [0.25, 0.3) is 0 Å². The number of oxime groups is 1. The van der Waals surface area contributed by atoms with Crippen LogP contribution in [-0.4, -0.2) is 44.6 Å². The van der Waals surface area contributed by atoms with Crippen molar-refractivity contribution < 1.29 is 5.21 Å².